The summed E-state index contributed by atoms with van der Waals surface area (Å²) in [7, 11) is 0. The van der Waals surface area contributed by atoms with E-state index in [2.05, 4.69) is 18.5 Å². The van der Waals surface area contributed by atoms with Crippen molar-refractivity contribution in [1.82, 2.24) is 5.32 Å². The third-order valence-electron chi connectivity index (χ3n) is 4.17. The van der Waals surface area contributed by atoms with Crippen molar-refractivity contribution in [2.45, 2.75) is 57.1 Å². The number of hydrogen-bond acceptors (Lipinski definition) is 3. The van der Waals surface area contributed by atoms with E-state index in [0.717, 1.165) is 38.6 Å². The van der Waals surface area contributed by atoms with E-state index in [0.29, 0.717) is 11.8 Å². The molecule has 1 saturated carbocycles. The first kappa shape index (κ1) is 15.8. The minimum absolute atomic E-state index is 0.195. The summed E-state index contributed by atoms with van der Waals surface area (Å²) >= 11 is 1.84. The Morgan fingerprint density at radius 2 is 1.94 bits per heavy atom. The number of nitrogens with two attached hydrogens (primary N) is 1. The van der Waals surface area contributed by atoms with Gasteiger partial charge in [0, 0.05) is 18.3 Å². The molecule has 0 saturated heterocycles. The first-order valence-corrected chi connectivity index (χ1v) is 8.44. The minimum Gasteiger partial charge on any atom is -0.356 e. The van der Waals surface area contributed by atoms with Crippen molar-refractivity contribution in [2.75, 3.05) is 19.3 Å². The van der Waals surface area contributed by atoms with Crippen LogP contribution in [0.4, 0.5) is 0 Å². The first-order chi connectivity index (χ1) is 8.64. The number of thioether (sulfide) groups is 1. The van der Waals surface area contributed by atoms with Crippen molar-refractivity contribution in [1.29, 1.82) is 0 Å². The van der Waals surface area contributed by atoms with Crippen molar-refractivity contribution in [3.8, 4) is 0 Å². The summed E-state index contributed by atoms with van der Waals surface area (Å²) in [5.74, 6) is 0.195. The Bertz CT molecular complexity index is 250. The van der Waals surface area contributed by atoms with Gasteiger partial charge in [0.05, 0.1) is 5.41 Å². The SMILES string of the molecule is CSC(C)CCNC(=O)C1(CN)CCCCCC1. The highest BCUT2D eigenvalue weighted by Gasteiger charge is 2.36. The van der Waals surface area contributed by atoms with Crippen LogP contribution in [0.5, 0.6) is 0 Å². The van der Waals surface area contributed by atoms with Crippen LogP contribution in [0.3, 0.4) is 0 Å². The summed E-state index contributed by atoms with van der Waals surface area (Å²) in [5.41, 5.74) is 5.62. The summed E-state index contributed by atoms with van der Waals surface area (Å²) in [5, 5.41) is 3.71. The van der Waals surface area contributed by atoms with Gasteiger partial charge in [0.25, 0.3) is 0 Å². The molecular formula is C14H28N2OS. The van der Waals surface area contributed by atoms with Gasteiger partial charge < -0.3 is 11.1 Å². The van der Waals surface area contributed by atoms with Crippen molar-refractivity contribution >= 4 is 17.7 Å². The maximum Gasteiger partial charge on any atom is 0.227 e. The van der Waals surface area contributed by atoms with E-state index in [1.54, 1.807) is 0 Å². The highest BCUT2D eigenvalue weighted by molar-refractivity contribution is 7.99. The van der Waals surface area contributed by atoms with Gasteiger partial charge in [0.1, 0.15) is 0 Å². The smallest absolute Gasteiger partial charge is 0.227 e. The Labute approximate surface area is 116 Å². The van der Waals surface area contributed by atoms with E-state index in [-0.39, 0.29) is 11.3 Å². The molecule has 1 aliphatic carbocycles. The van der Waals surface area contributed by atoms with Crippen LogP contribution >= 0.6 is 11.8 Å². The van der Waals surface area contributed by atoms with E-state index in [9.17, 15) is 4.79 Å². The molecule has 0 aliphatic heterocycles. The van der Waals surface area contributed by atoms with Gasteiger partial charge in [-0.1, -0.05) is 32.6 Å². The molecule has 0 aromatic heterocycles. The van der Waals surface area contributed by atoms with Crippen LogP contribution in [-0.4, -0.2) is 30.5 Å². The summed E-state index contributed by atoms with van der Waals surface area (Å²) in [4.78, 5) is 12.4. The number of amides is 1. The fraction of sp³-hybridized carbons (Fsp3) is 0.929. The van der Waals surface area contributed by atoms with Gasteiger partial charge in [-0.3, -0.25) is 4.79 Å². The molecule has 0 heterocycles. The Kier molecular flexibility index (Phi) is 7.08. The lowest BCUT2D eigenvalue weighted by Gasteiger charge is -2.30. The number of rotatable bonds is 6. The molecule has 0 radical (unpaired) electrons. The summed E-state index contributed by atoms with van der Waals surface area (Å²) in [6, 6.07) is 0. The fourth-order valence-corrected chi connectivity index (χ4v) is 2.98. The van der Waals surface area contributed by atoms with Gasteiger partial charge in [0.2, 0.25) is 5.91 Å². The van der Waals surface area contributed by atoms with Gasteiger partial charge in [-0.25, -0.2) is 0 Å². The number of hydrogen-bond donors (Lipinski definition) is 2. The second kappa shape index (κ2) is 8.05. The molecule has 1 rings (SSSR count). The van der Waals surface area contributed by atoms with Gasteiger partial charge in [-0.05, 0) is 25.5 Å². The van der Waals surface area contributed by atoms with Crippen LogP contribution in [-0.2, 0) is 4.79 Å². The number of carbonyl (C=O) groups is 1. The van der Waals surface area contributed by atoms with Gasteiger partial charge in [-0.15, -0.1) is 0 Å². The van der Waals surface area contributed by atoms with Crippen molar-refractivity contribution in [2.24, 2.45) is 11.1 Å². The van der Waals surface area contributed by atoms with Crippen LogP contribution in [0.1, 0.15) is 51.9 Å². The molecule has 4 heteroatoms. The van der Waals surface area contributed by atoms with E-state index < -0.39 is 0 Å². The molecule has 1 aliphatic rings. The minimum atomic E-state index is -0.279. The topological polar surface area (TPSA) is 55.1 Å². The lowest BCUT2D eigenvalue weighted by Crippen LogP contribution is -2.46. The van der Waals surface area contributed by atoms with E-state index in [4.69, 9.17) is 5.73 Å². The van der Waals surface area contributed by atoms with E-state index >= 15 is 0 Å². The zero-order chi connectivity index (χ0) is 13.4. The molecule has 3 nitrogen and oxygen atoms in total. The third kappa shape index (κ3) is 4.47. The lowest BCUT2D eigenvalue weighted by molar-refractivity contribution is -0.131. The number of nitrogens with one attached hydrogen (secondary N) is 1. The second-order valence-electron chi connectivity index (χ2n) is 5.49. The van der Waals surface area contributed by atoms with Crippen molar-refractivity contribution < 1.29 is 4.79 Å². The molecule has 1 atom stereocenters. The molecule has 18 heavy (non-hydrogen) atoms. The van der Waals surface area contributed by atoms with Crippen LogP contribution in [0.15, 0.2) is 0 Å². The monoisotopic (exact) mass is 272 g/mol. The Hall–Kier alpha value is -0.220. The molecule has 1 unspecified atom stereocenters. The Morgan fingerprint density at radius 3 is 2.44 bits per heavy atom. The molecule has 0 spiro atoms. The molecular weight excluding hydrogens is 244 g/mol. The highest BCUT2D eigenvalue weighted by atomic mass is 32.2. The fourth-order valence-electron chi connectivity index (χ4n) is 2.62. The van der Waals surface area contributed by atoms with Crippen LogP contribution in [0, 0.1) is 5.41 Å². The molecule has 0 aromatic rings. The van der Waals surface area contributed by atoms with Gasteiger partial charge in [0.15, 0.2) is 0 Å². The molecule has 106 valence electrons. The van der Waals surface area contributed by atoms with E-state index in [1.807, 2.05) is 11.8 Å². The Balaban J connectivity index is 2.45. The molecule has 3 N–H and O–H groups in total. The summed E-state index contributed by atoms with van der Waals surface area (Å²) < 4.78 is 0. The predicted octanol–water partition coefficient (Wildman–Crippen LogP) is 2.54. The summed E-state index contributed by atoms with van der Waals surface area (Å²) in [6.45, 7) is 3.47. The molecule has 0 bridgehead atoms. The average Bonchev–Trinajstić information content (AvgIpc) is 2.64. The van der Waals surface area contributed by atoms with E-state index in [1.165, 1.54) is 12.8 Å². The zero-order valence-corrected chi connectivity index (χ0v) is 12.7. The number of carbonyl (C=O) groups excluding carboxylic acids is 1. The average molecular weight is 272 g/mol. The van der Waals surface area contributed by atoms with Crippen LogP contribution in [0.2, 0.25) is 0 Å². The van der Waals surface area contributed by atoms with Crippen LogP contribution in [0.25, 0.3) is 0 Å². The van der Waals surface area contributed by atoms with Crippen molar-refractivity contribution in [3.05, 3.63) is 0 Å². The molecule has 1 fully saturated rings. The van der Waals surface area contributed by atoms with Gasteiger partial charge >= 0.3 is 0 Å². The second-order valence-corrected chi connectivity index (χ2v) is 6.77. The third-order valence-corrected chi connectivity index (χ3v) is 5.21. The standard InChI is InChI=1S/C14H28N2OS/c1-12(18-2)7-10-16-13(17)14(11-15)8-5-3-4-6-9-14/h12H,3-11,15H2,1-2H3,(H,16,17). The Morgan fingerprint density at radius 1 is 1.33 bits per heavy atom. The quantitative estimate of drug-likeness (QED) is 0.731. The molecule has 0 aromatic carbocycles. The largest absolute Gasteiger partial charge is 0.356 e. The lowest BCUT2D eigenvalue weighted by atomic mass is 9.79. The maximum atomic E-state index is 12.4. The predicted molar refractivity (Wildman–Crippen MR) is 79.8 cm³/mol. The zero-order valence-electron chi connectivity index (χ0n) is 11.8. The molecule has 1 amide bonds. The normalized spacial score (nSPS) is 21.1. The van der Waals surface area contributed by atoms with Crippen molar-refractivity contribution in [3.63, 3.8) is 0 Å². The summed E-state index contributed by atoms with van der Waals surface area (Å²) in [6.07, 6.45) is 9.86. The van der Waals surface area contributed by atoms with Crippen LogP contribution < -0.4 is 11.1 Å². The van der Waals surface area contributed by atoms with Gasteiger partial charge in [-0.2, -0.15) is 11.8 Å². The first-order valence-electron chi connectivity index (χ1n) is 7.16. The maximum absolute atomic E-state index is 12.4. The highest BCUT2D eigenvalue weighted by Crippen LogP contribution is 2.34.